The summed E-state index contributed by atoms with van der Waals surface area (Å²) < 4.78 is 12.5. The van der Waals surface area contributed by atoms with Gasteiger partial charge in [0.25, 0.3) is 0 Å². The number of ether oxygens (including phenoxy) is 2. The topological polar surface area (TPSA) is 55.8 Å². The monoisotopic (exact) mass is 555 g/mol. The van der Waals surface area contributed by atoms with Crippen LogP contribution in [0, 0.1) is 0 Å². The van der Waals surface area contributed by atoms with Crippen LogP contribution < -0.4 is 4.74 Å². The number of hydrogen-bond acceptors (Lipinski definition) is 4. The summed E-state index contributed by atoms with van der Waals surface area (Å²) in [4.78, 5) is 27.7. The van der Waals surface area contributed by atoms with E-state index in [0.29, 0.717) is 12.4 Å². The maximum absolute atomic E-state index is 13.7. The highest BCUT2D eigenvalue weighted by atomic mass is 79.9. The molecule has 0 radical (unpaired) electrons. The first-order chi connectivity index (χ1) is 18.1. The minimum Gasteiger partial charge on any atom is -0.489 e. The molecule has 4 aromatic rings. The highest BCUT2D eigenvalue weighted by Gasteiger charge is 2.40. The predicted molar refractivity (Wildman–Crippen MR) is 145 cm³/mol. The molecule has 1 aliphatic rings. The Morgan fingerprint density at radius 2 is 1.57 bits per heavy atom. The van der Waals surface area contributed by atoms with Gasteiger partial charge in [-0.15, -0.1) is 0 Å². The van der Waals surface area contributed by atoms with E-state index in [1.54, 1.807) is 0 Å². The van der Waals surface area contributed by atoms with Crippen LogP contribution in [-0.4, -0.2) is 23.5 Å². The van der Waals surface area contributed by atoms with E-state index in [0.717, 1.165) is 26.7 Å². The largest absolute Gasteiger partial charge is 0.489 e. The molecule has 4 aromatic carbocycles. The van der Waals surface area contributed by atoms with Crippen molar-refractivity contribution in [1.82, 2.24) is 4.90 Å². The maximum Gasteiger partial charge on any atom is 0.417 e. The number of nitrogens with zero attached hydrogens (tertiary/aromatic N) is 1. The second-order valence-corrected chi connectivity index (χ2v) is 9.81. The third kappa shape index (κ3) is 5.75. The number of hydrogen-bond donors (Lipinski definition) is 0. The van der Waals surface area contributed by atoms with E-state index in [1.807, 2.05) is 109 Å². The average Bonchev–Trinajstić information content (AvgIpc) is 3.34. The normalized spacial score (nSPS) is 15.8. The predicted octanol–water partition coefficient (Wildman–Crippen LogP) is 7.27. The van der Waals surface area contributed by atoms with Crippen LogP contribution in [-0.2, 0) is 16.1 Å². The van der Waals surface area contributed by atoms with Crippen molar-refractivity contribution in [2.45, 2.75) is 25.0 Å². The van der Waals surface area contributed by atoms with Crippen molar-refractivity contribution >= 4 is 27.9 Å². The molecule has 1 fully saturated rings. The highest BCUT2D eigenvalue weighted by Crippen LogP contribution is 2.38. The van der Waals surface area contributed by atoms with Gasteiger partial charge in [-0.25, -0.2) is 9.69 Å². The van der Waals surface area contributed by atoms with Gasteiger partial charge in [0.15, 0.2) is 0 Å². The number of cyclic esters (lactones) is 1. The van der Waals surface area contributed by atoms with Crippen molar-refractivity contribution in [2.24, 2.45) is 0 Å². The van der Waals surface area contributed by atoms with Crippen LogP contribution in [0.15, 0.2) is 114 Å². The molecule has 1 saturated heterocycles. The Balaban J connectivity index is 1.47. The van der Waals surface area contributed by atoms with E-state index in [9.17, 15) is 9.59 Å². The molecule has 5 rings (SSSR count). The molecule has 6 heteroatoms. The highest BCUT2D eigenvalue weighted by molar-refractivity contribution is 9.10. The van der Waals surface area contributed by atoms with Gasteiger partial charge < -0.3 is 9.47 Å². The lowest BCUT2D eigenvalue weighted by Crippen LogP contribution is -2.35. The van der Waals surface area contributed by atoms with Crippen LogP contribution in [0.4, 0.5) is 4.79 Å². The van der Waals surface area contributed by atoms with Gasteiger partial charge in [0.05, 0.1) is 0 Å². The lowest BCUT2D eigenvalue weighted by molar-refractivity contribution is -0.129. The molecular formula is C31H26BrNO4. The number of benzene rings is 4. The molecule has 0 spiro atoms. The number of rotatable bonds is 8. The molecule has 0 aliphatic carbocycles. The standard InChI is InChI=1S/C31H26BrNO4/c32-25-16-17-29(36-20-22-10-4-1-5-11-22)27(18-25)26(23-12-6-2-7-13-23)19-30(34)33-28(21-37-31(33)35)24-14-8-3-9-15-24/h1-18,26,28H,19-21H2. The van der Waals surface area contributed by atoms with Crippen molar-refractivity contribution in [2.75, 3.05) is 6.61 Å². The van der Waals surface area contributed by atoms with Crippen LogP contribution in [0.25, 0.3) is 0 Å². The van der Waals surface area contributed by atoms with Gasteiger partial charge in [0.1, 0.15) is 25.0 Å². The van der Waals surface area contributed by atoms with E-state index >= 15 is 0 Å². The molecule has 0 aromatic heterocycles. The fraction of sp³-hybridized carbons (Fsp3) is 0.161. The Kier molecular flexibility index (Phi) is 7.66. The summed E-state index contributed by atoms with van der Waals surface area (Å²) in [6, 6.07) is 34.7. The van der Waals surface area contributed by atoms with Crippen molar-refractivity contribution in [3.8, 4) is 5.75 Å². The molecule has 2 atom stereocenters. The van der Waals surface area contributed by atoms with Crippen molar-refractivity contribution in [1.29, 1.82) is 0 Å². The summed E-state index contributed by atoms with van der Waals surface area (Å²) in [6.07, 6.45) is -0.527. The summed E-state index contributed by atoms with van der Waals surface area (Å²) in [5.41, 5.74) is 3.75. The van der Waals surface area contributed by atoms with Gasteiger partial charge in [-0.2, -0.15) is 0 Å². The average molecular weight is 556 g/mol. The van der Waals surface area contributed by atoms with Gasteiger partial charge in [0, 0.05) is 22.4 Å². The Labute approximate surface area is 224 Å². The molecule has 2 unspecified atom stereocenters. The lowest BCUT2D eigenvalue weighted by atomic mass is 9.87. The van der Waals surface area contributed by atoms with Crippen LogP contribution in [0.5, 0.6) is 5.75 Å². The van der Waals surface area contributed by atoms with E-state index in [2.05, 4.69) is 15.9 Å². The molecule has 1 heterocycles. The second kappa shape index (κ2) is 11.4. The van der Waals surface area contributed by atoms with Crippen LogP contribution >= 0.6 is 15.9 Å². The Morgan fingerprint density at radius 3 is 2.27 bits per heavy atom. The van der Waals surface area contributed by atoms with Crippen molar-refractivity contribution in [3.05, 3.63) is 136 Å². The molecule has 186 valence electrons. The SMILES string of the molecule is O=C(CC(c1ccccc1)c1cc(Br)ccc1OCc1ccccc1)N1C(=O)OCC1c1ccccc1. The zero-order valence-corrected chi connectivity index (χ0v) is 21.7. The summed E-state index contributed by atoms with van der Waals surface area (Å²) in [5.74, 6) is 0.0679. The minimum absolute atomic E-state index is 0.0839. The molecule has 5 nitrogen and oxygen atoms in total. The van der Waals surface area contributed by atoms with Crippen molar-refractivity contribution in [3.63, 3.8) is 0 Å². The molecule has 0 bridgehead atoms. The van der Waals surface area contributed by atoms with E-state index in [1.165, 1.54) is 4.90 Å². The first kappa shape index (κ1) is 24.8. The van der Waals surface area contributed by atoms with E-state index in [4.69, 9.17) is 9.47 Å². The summed E-state index contributed by atoms with van der Waals surface area (Å²) in [5, 5.41) is 0. The molecular weight excluding hydrogens is 530 g/mol. The lowest BCUT2D eigenvalue weighted by Gasteiger charge is -2.25. The fourth-order valence-electron chi connectivity index (χ4n) is 4.64. The zero-order chi connectivity index (χ0) is 25.6. The summed E-state index contributed by atoms with van der Waals surface area (Å²) in [7, 11) is 0. The minimum atomic E-state index is -0.611. The molecule has 2 amide bonds. The smallest absolute Gasteiger partial charge is 0.417 e. The van der Waals surface area contributed by atoms with Gasteiger partial charge in [-0.1, -0.05) is 107 Å². The van der Waals surface area contributed by atoms with Crippen molar-refractivity contribution < 1.29 is 19.1 Å². The third-order valence-electron chi connectivity index (χ3n) is 6.49. The van der Waals surface area contributed by atoms with Gasteiger partial charge >= 0.3 is 6.09 Å². The van der Waals surface area contributed by atoms with E-state index in [-0.39, 0.29) is 24.9 Å². The quantitative estimate of drug-likeness (QED) is 0.229. The first-order valence-electron chi connectivity index (χ1n) is 12.1. The van der Waals surface area contributed by atoms with Gasteiger partial charge in [-0.05, 0) is 34.9 Å². The first-order valence-corrected chi connectivity index (χ1v) is 12.9. The van der Waals surface area contributed by atoms with E-state index < -0.39 is 12.1 Å². The Bertz CT molecular complexity index is 1360. The molecule has 1 aliphatic heterocycles. The maximum atomic E-state index is 13.7. The van der Waals surface area contributed by atoms with Crippen LogP contribution in [0.2, 0.25) is 0 Å². The number of carbonyl (C=O) groups excluding carboxylic acids is 2. The second-order valence-electron chi connectivity index (χ2n) is 8.89. The molecule has 0 N–H and O–H groups in total. The summed E-state index contributed by atoms with van der Waals surface area (Å²) in [6.45, 7) is 0.548. The van der Waals surface area contributed by atoms with Crippen LogP contribution in [0.1, 0.15) is 40.6 Å². The Hall–Kier alpha value is -3.90. The fourth-order valence-corrected chi connectivity index (χ4v) is 5.02. The number of amides is 2. The molecule has 0 saturated carbocycles. The third-order valence-corrected chi connectivity index (χ3v) is 6.98. The number of imide groups is 1. The Morgan fingerprint density at radius 1 is 0.919 bits per heavy atom. The zero-order valence-electron chi connectivity index (χ0n) is 20.1. The van der Waals surface area contributed by atoms with Gasteiger partial charge in [-0.3, -0.25) is 4.79 Å². The number of halogens is 1. The molecule has 37 heavy (non-hydrogen) atoms. The summed E-state index contributed by atoms with van der Waals surface area (Å²) >= 11 is 3.59. The van der Waals surface area contributed by atoms with Gasteiger partial charge in [0.2, 0.25) is 5.91 Å². The number of carbonyl (C=O) groups is 2. The van der Waals surface area contributed by atoms with Crippen LogP contribution in [0.3, 0.4) is 0 Å².